The summed E-state index contributed by atoms with van der Waals surface area (Å²) in [5, 5.41) is 5.81. The summed E-state index contributed by atoms with van der Waals surface area (Å²) in [6, 6.07) is 0. The normalized spacial score (nSPS) is 18.4. The quantitative estimate of drug-likeness (QED) is 0.815. The van der Waals surface area contributed by atoms with Gasteiger partial charge in [-0.1, -0.05) is 13.8 Å². The van der Waals surface area contributed by atoms with Crippen molar-refractivity contribution >= 4 is 12.0 Å². The highest BCUT2D eigenvalue weighted by molar-refractivity contribution is 5.81. The second-order valence-electron chi connectivity index (χ2n) is 7.19. The van der Waals surface area contributed by atoms with Gasteiger partial charge in [-0.15, -0.1) is 0 Å². The summed E-state index contributed by atoms with van der Waals surface area (Å²) >= 11 is 0. The molecular formula is C15H28N2O3. The smallest absolute Gasteiger partial charge is 0.407 e. The van der Waals surface area contributed by atoms with E-state index in [1.165, 1.54) is 0 Å². The Morgan fingerprint density at radius 2 is 1.75 bits per heavy atom. The van der Waals surface area contributed by atoms with Gasteiger partial charge in [0.2, 0.25) is 5.91 Å². The Morgan fingerprint density at radius 3 is 2.15 bits per heavy atom. The Balaban J connectivity index is 2.53. The lowest BCUT2D eigenvalue weighted by molar-refractivity contribution is -0.124. The van der Waals surface area contributed by atoms with Gasteiger partial charge >= 0.3 is 6.09 Å². The maximum atomic E-state index is 11.9. The van der Waals surface area contributed by atoms with Gasteiger partial charge in [-0.05, 0) is 46.5 Å². The first-order valence-corrected chi connectivity index (χ1v) is 7.32. The number of nitrogens with one attached hydrogen (secondary N) is 2. The maximum Gasteiger partial charge on any atom is 0.407 e. The van der Waals surface area contributed by atoms with Crippen molar-refractivity contribution in [2.45, 2.75) is 65.5 Å². The zero-order valence-corrected chi connectivity index (χ0v) is 13.5. The summed E-state index contributed by atoms with van der Waals surface area (Å²) in [5.74, 6) is 0.460. The third-order valence-electron chi connectivity index (χ3n) is 3.63. The fourth-order valence-electron chi connectivity index (χ4n) is 1.69. The van der Waals surface area contributed by atoms with E-state index >= 15 is 0 Å². The minimum atomic E-state index is -0.518. The van der Waals surface area contributed by atoms with Gasteiger partial charge in [0.05, 0.1) is 5.54 Å². The number of amides is 2. The highest BCUT2D eigenvalue weighted by Crippen LogP contribution is 2.30. The van der Waals surface area contributed by atoms with E-state index in [-0.39, 0.29) is 17.7 Å². The molecule has 1 fully saturated rings. The standard InChI is InChI=1S/C15H28N2O3/c1-10(2)15(6,17-12(18)11-7-8-11)9-16-13(19)20-14(3,4)5/h10-11H,7-9H2,1-6H3,(H,16,19)(H,17,18). The molecule has 2 N–H and O–H groups in total. The molecule has 1 rings (SSSR count). The zero-order chi connectivity index (χ0) is 15.6. The van der Waals surface area contributed by atoms with Crippen LogP contribution >= 0.6 is 0 Å². The Kier molecular flexibility index (Phi) is 5.05. The molecule has 5 nitrogen and oxygen atoms in total. The predicted octanol–water partition coefficient (Wildman–Crippen LogP) is 2.45. The van der Waals surface area contributed by atoms with E-state index in [9.17, 15) is 9.59 Å². The van der Waals surface area contributed by atoms with Crippen LogP contribution in [0.15, 0.2) is 0 Å². The first-order valence-electron chi connectivity index (χ1n) is 7.32. The Bertz CT molecular complexity index is 370. The van der Waals surface area contributed by atoms with Crippen LogP contribution in [0, 0.1) is 11.8 Å². The van der Waals surface area contributed by atoms with Crippen LogP contribution in [-0.2, 0) is 9.53 Å². The molecule has 0 aromatic heterocycles. The third kappa shape index (κ3) is 5.39. The van der Waals surface area contributed by atoms with Crippen LogP contribution in [0.5, 0.6) is 0 Å². The van der Waals surface area contributed by atoms with Crippen molar-refractivity contribution in [1.29, 1.82) is 0 Å². The van der Waals surface area contributed by atoms with E-state index in [1.54, 1.807) is 0 Å². The van der Waals surface area contributed by atoms with Crippen molar-refractivity contribution in [3.05, 3.63) is 0 Å². The lowest BCUT2D eigenvalue weighted by Crippen LogP contribution is -2.57. The number of carbonyl (C=O) groups is 2. The lowest BCUT2D eigenvalue weighted by atomic mass is 9.88. The van der Waals surface area contributed by atoms with Gasteiger partial charge in [0.15, 0.2) is 0 Å². The van der Waals surface area contributed by atoms with Crippen LogP contribution in [0.4, 0.5) is 4.79 Å². The van der Waals surface area contributed by atoms with Crippen LogP contribution in [0.2, 0.25) is 0 Å². The topological polar surface area (TPSA) is 67.4 Å². The highest BCUT2D eigenvalue weighted by atomic mass is 16.6. The molecule has 0 aromatic rings. The number of carbonyl (C=O) groups excluding carboxylic acids is 2. The molecule has 1 unspecified atom stereocenters. The third-order valence-corrected chi connectivity index (χ3v) is 3.63. The molecule has 1 saturated carbocycles. The monoisotopic (exact) mass is 284 g/mol. The number of hydrogen-bond donors (Lipinski definition) is 2. The van der Waals surface area contributed by atoms with Gasteiger partial charge < -0.3 is 15.4 Å². The molecule has 20 heavy (non-hydrogen) atoms. The molecule has 0 heterocycles. The van der Waals surface area contributed by atoms with Gasteiger partial charge in [0.1, 0.15) is 5.60 Å². The van der Waals surface area contributed by atoms with E-state index in [1.807, 2.05) is 41.5 Å². The van der Waals surface area contributed by atoms with Crippen molar-refractivity contribution in [3.8, 4) is 0 Å². The Labute approximate surface area is 121 Å². The molecule has 116 valence electrons. The summed E-state index contributed by atoms with van der Waals surface area (Å²) in [6.07, 6.45) is 1.49. The van der Waals surface area contributed by atoms with Crippen LogP contribution in [0.25, 0.3) is 0 Å². The molecule has 1 aliphatic rings. The predicted molar refractivity (Wildman–Crippen MR) is 78.3 cm³/mol. The van der Waals surface area contributed by atoms with Crippen LogP contribution in [0.3, 0.4) is 0 Å². The molecule has 0 bridgehead atoms. The summed E-state index contributed by atoms with van der Waals surface area (Å²) in [6.45, 7) is 11.8. The average Bonchev–Trinajstić information content (AvgIpc) is 3.07. The van der Waals surface area contributed by atoms with Gasteiger partial charge in [0.25, 0.3) is 0 Å². The largest absolute Gasteiger partial charge is 0.444 e. The molecule has 1 atom stereocenters. The highest BCUT2D eigenvalue weighted by Gasteiger charge is 2.37. The van der Waals surface area contributed by atoms with Crippen molar-refractivity contribution in [2.24, 2.45) is 11.8 Å². The molecule has 0 radical (unpaired) electrons. The van der Waals surface area contributed by atoms with Gasteiger partial charge in [-0.25, -0.2) is 4.79 Å². The SMILES string of the molecule is CC(C)C(C)(CNC(=O)OC(C)(C)C)NC(=O)C1CC1. The lowest BCUT2D eigenvalue weighted by Gasteiger charge is -2.35. The molecular weight excluding hydrogens is 256 g/mol. The minimum Gasteiger partial charge on any atom is -0.444 e. The van der Waals surface area contributed by atoms with Gasteiger partial charge in [0, 0.05) is 12.5 Å². The Morgan fingerprint density at radius 1 is 1.20 bits per heavy atom. The number of rotatable bonds is 5. The molecule has 2 amide bonds. The van der Waals surface area contributed by atoms with E-state index in [4.69, 9.17) is 4.74 Å². The molecule has 0 aliphatic heterocycles. The summed E-state index contributed by atoms with van der Waals surface area (Å²) in [4.78, 5) is 23.7. The van der Waals surface area contributed by atoms with E-state index in [2.05, 4.69) is 10.6 Å². The van der Waals surface area contributed by atoms with Crippen molar-refractivity contribution < 1.29 is 14.3 Å². The van der Waals surface area contributed by atoms with Gasteiger partial charge in [-0.3, -0.25) is 4.79 Å². The number of ether oxygens (including phenoxy) is 1. The van der Waals surface area contributed by atoms with Crippen molar-refractivity contribution in [1.82, 2.24) is 10.6 Å². The van der Waals surface area contributed by atoms with Crippen LogP contribution in [-0.4, -0.2) is 29.7 Å². The summed E-state index contributed by atoms with van der Waals surface area (Å²) in [7, 11) is 0. The number of hydrogen-bond acceptors (Lipinski definition) is 3. The zero-order valence-electron chi connectivity index (χ0n) is 13.5. The maximum absolute atomic E-state index is 11.9. The first kappa shape index (κ1) is 16.8. The molecule has 0 saturated heterocycles. The average molecular weight is 284 g/mol. The molecule has 0 aromatic carbocycles. The second kappa shape index (κ2) is 6.02. The molecule has 0 spiro atoms. The Hall–Kier alpha value is -1.26. The number of alkyl carbamates (subject to hydrolysis) is 1. The van der Waals surface area contributed by atoms with Gasteiger partial charge in [-0.2, -0.15) is 0 Å². The second-order valence-corrected chi connectivity index (χ2v) is 7.19. The fourth-order valence-corrected chi connectivity index (χ4v) is 1.69. The molecule has 1 aliphatic carbocycles. The van der Waals surface area contributed by atoms with Crippen molar-refractivity contribution in [2.75, 3.05) is 6.54 Å². The van der Waals surface area contributed by atoms with Crippen LogP contribution < -0.4 is 10.6 Å². The molecule has 5 heteroatoms. The van der Waals surface area contributed by atoms with E-state index < -0.39 is 17.2 Å². The van der Waals surface area contributed by atoms with Crippen LogP contribution in [0.1, 0.15) is 54.4 Å². The van der Waals surface area contributed by atoms with E-state index in [0.717, 1.165) is 12.8 Å². The summed E-state index contributed by atoms with van der Waals surface area (Å²) in [5.41, 5.74) is -0.980. The minimum absolute atomic E-state index is 0.0900. The first-order chi connectivity index (χ1) is 9.03. The summed E-state index contributed by atoms with van der Waals surface area (Å²) < 4.78 is 5.21. The fraction of sp³-hybridized carbons (Fsp3) is 0.867. The van der Waals surface area contributed by atoms with E-state index in [0.29, 0.717) is 6.54 Å². The van der Waals surface area contributed by atoms with Crippen molar-refractivity contribution in [3.63, 3.8) is 0 Å².